The molecule has 0 saturated carbocycles. The molecule has 1 fully saturated rings. The minimum atomic E-state index is -3.61. The Balaban J connectivity index is 1.82. The molecule has 1 N–H and O–H groups in total. The third-order valence-electron chi connectivity index (χ3n) is 5.03. The fourth-order valence-electron chi connectivity index (χ4n) is 3.28. The van der Waals surface area contributed by atoms with Crippen LogP contribution in [0, 0.1) is 0 Å². The number of hydrogen-bond acceptors (Lipinski definition) is 4. The van der Waals surface area contributed by atoms with E-state index in [4.69, 9.17) is 0 Å². The molecule has 150 valence electrons. The van der Waals surface area contributed by atoms with Crippen LogP contribution in [0.4, 0.5) is 5.69 Å². The van der Waals surface area contributed by atoms with Crippen molar-refractivity contribution < 1.29 is 13.2 Å². The minimum absolute atomic E-state index is 0.154. The van der Waals surface area contributed by atoms with Crippen LogP contribution in [0.2, 0.25) is 0 Å². The zero-order chi connectivity index (χ0) is 20.3. The van der Waals surface area contributed by atoms with Crippen molar-refractivity contribution >= 4 is 21.6 Å². The van der Waals surface area contributed by atoms with Gasteiger partial charge in [0.25, 0.3) is 5.91 Å². The van der Waals surface area contributed by atoms with Crippen LogP contribution < -0.4 is 5.32 Å². The molecule has 6 nitrogen and oxygen atoms in total. The van der Waals surface area contributed by atoms with Gasteiger partial charge in [-0.1, -0.05) is 38.1 Å². The number of nitrogens with one attached hydrogen (secondary N) is 1. The van der Waals surface area contributed by atoms with Crippen molar-refractivity contribution in [1.29, 1.82) is 0 Å². The molecule has 0 aromatic heterocycles. The summed E-state index contributed by atoms with van der Waals surface area (Å²) < 4.78 is 27.4. The van der Waals surface area contributed by atoms with E-state index < -0.39 is 10.0 Å². The third-order valence-corrected chi connectivity index (χ3v) is 6.92. The highest BCUT2D eigenvalue weighted by molar-refractivity contribution is 7.89. The monoisotopic (exact) mass is 401 g/mol. The number of para-hydroxylation sites is 1. The molecule has 3 rings (SSSR count). The van der Waals surface area contributed by atoms with Gasteiger partial charge in [0.2, 0.25) is 10.0 Å². The van der Waals surface area contributed by atoms with Crippen LogP contribution in [-0.2, 0) is 10.0 Å². The van der Waals surface area contributed by atoms with E-state index >= 15 is 0 Å². The molecule has 7 heteroatoms. The average molecular weight is 402 g/mol. The number of sulfonamides is 1. The predicted molar refractivity (Wildman–Crippen MR) is 111 cm³/mol. The van der Waals surface area contributed by atoms with Crippen LogP contribution in [0.5, 0.6) is 0 Å². The van der Waals surface area contributed by atoms with Crippen LogP contribution in [0.1, 0.15) is 35.7 Å². The van der Waals surface area contributed by atoms with E-state index in [1.807, 2.05) is 31.3 Å². The van der Waals surface area contributed by atoms with Gasteiger partial charge in [-0.05, 0) is 42.8 Å². The van der Waals surface area contributed by atoms with E-state index in [0.717, 1.165) is 11.3 Å². The van der Waals surface area contributed by atoms with Gasteiger partial charge in [0, 0.05) is 37.4 Å². The van der Waals surface area contributed by atoms with Crippen LogP contribution in [-0.4, -0.2) is 56.8 Å². The van der Waals surface area contributed by atoms with Gasteiger partial charge in [0.05, 0.1) is 4.90 Å². The molecule has 1 aliphatic heterocycles. The molecule has 2 aromatic carbocycles. The molecule has 0 aliphatic carbocycles. The number of benzene rings is 2. The highest BCUT2D eigenvalue weighted by Crippen LogP contribution is 2.25. The smallest absolute Gasteiger partial charge is 0.255 e. The molecule has 1 heterocycles. The van der Waals surface area contributed by atoms with Crippen molar-refractivity contribution in [2.75, 3.05) is 38.5 Å². The Hall–Kier alpha value is -2.22. The fraction of sp³-hybridized carbons (Fsp3) is 0.381. The van der Waals surface area contributed by atoms with Crippen molar-refractivity contribution in [3.8, 4) is 0 Å². The lowest BCUT2D eigenvalue weighted by atomic mass is 10.0. The van der Waals surface area contributed by atoms with Gasteiger partial charge in [-0.3, -0.25) is 4.79 Å². The number of nitrogens with zero attached hydrogens (tertiary/aromatic N) is 2. The van der Waals surface area contributed by atoms with Crippen molar-refractivity contribution in [3.63, 3.8) is 0 Å². The lowest BCUT2D eigenvalue weighted by molar-refractivity contribution is 0.102. The van der Waals surface area contributed by atoms with Crippen molar-refractivity contribution in [2.45, 2.75) is 24.7 Å². The summed E-state index contributed by atoms with van der Waals surface area (Å²) in [5.41, 5.74) is 2.11. The Morgan fingerprint density at radius 3 is 2.36 bits per heavy atom. The Morgan fingerprint density at radius 1 is 1.00 bits per heavy atom. The largest absolute Gasteiger partial charge is 0.322 e. The Morgan fingerprint density at radius 2 is 1.68 bits per heavy atom. The summed E-state index contributed by atoms with van der Waals surface area (Å²) in [5, 5.41) is 2.92. The maximum absolute atomic E-state index is 12.9. The standard InChI is InChI=1S/C21H27N3O3S/c1-16(2)19-9-4-5-10-20(19)22-21(25)17-7-6-8-18(15-17)28(26,27)24-13-11-23(3)12-14-24/h4-10,15-16H,11-14H2,1-3H3,(H,22,25). The molecule has 1 amide bonds. The van der Waals surface area contributed by atoms with E-state index in [2.05, 4.69) is 24.1 Å². The van der Waals surface area contributed by atoms with E-state index in [-0.39, 0.29) is 16.7 Å². The van der Waals surface area contributed by atoms with Gasteiger partial charge in [0.1, 0.15) is 0 Å². The van der Waals surface area contributed by atoms with Gasteiger partial charge >= 0.3 is 0 Å². The van der Waals surface area contributed by atoms with Gasteiger partial charge < -0.3 is 10.2 Å². The highest BCUT2D eigenvalue weighted by Gasteiger charge is 2.28. The van der Waals surface area contributed by atoms with E-state index in [9.17, 15) is 13.2 Å². The molecular weight excluding hydrogens is 374 g/mol. The number of hydrogen-bond donors (Lipinski definition) is 1. The first-order valence-corrected chi connectivity index (χ1v) is 10.9. The normalized spacial score (nSPS) is 16.3. The molecule has 0 atom stereocenters. The number of anilines is 1. The summed E-state index contributed by atoms with van der Waals surface area (Å²) in [6.45, 7) is 6.44. The van der Waals surface area contributed by atoms with Gasteiger partial charge in [0.15, 0.2) is 0 Å². The number of amides is 1. The summed E-state index contributed by atoms with van der Waals surface area (Å²) in [6, 6.07) is 13.9. The predicted octanol–water partition coefficient (Wildman–Crippen LogP) is 3.00. The quantitative estimate of drug-likeness (QED) is 0.836. The van der Waals surface area contributed by atoms with Crippen LogP contribution >= 0.6 is 0 Å². The molecule has 1 aliphatic rings. The maximum atomic E-state index is 12.9. The molecular formula is C21H27N3O3S. The summed E-state index contributed by atoms with van der Waals surface area (Å²) in [6.07, 6.45) is 0. The van der Waals surface area contributed by atoms with Crippen LogP contribution in [0.25, 0.3) is 0 Å². The summed E-state index contributed by atoms with van der Waals surface area (Å²) in [5.74, 6) is -0.0519. The van der Waals surface area contributed by atoms with E-state index in [1.165, 1.54) is 10.4 Å². The number of carbonyl (C=O) groups excluding carboxylic acids is 1. The van der Waals surface area contributed by atoms with Crippen LogP contribution in [0.3, 0.4) is 0 Å². The maximum Gasteiger partial charge on any atom is 0.255 e. The second kappa shape index (κ2) is 8.43. The number of rotatable bonds is 5. The van der Waals surface area contributed by atoms with Gasteiger partial charge in [-0.15, -0.1) is 0 Å². The van der Waals surface area contributed by atoms with Crippen LogP contribution in [0.15, 0.2) is 53.4 Å². The number of likely N-dealkylation sites (N-methyl/N-ethyl adjacent to an activating group) is 1. The molecule has 0 unspecified atom stereocenters. The first-order valence-electron chi connectivity index (χ1n) is 9.48. The van der Waals surface area contributed by atoms with Gasteiger partial charge in [-0.25, -0.2) is 8.42 Å². The SMILES string of the molecule is CC(C)c1ccccc1NC(=O)c1cccc(S(=O)(=O)N2CCN(C)CC2)c1. The Kier molecular flexibility index (Phi) is 6.17. The highest BCUT2D eigenvalue weighted by atomic mass is 32.2. The zero-order valence-electron chi connectivity index (χ0n) is 16.6. The number of piperazine rings is 1. The first kappa shape index (κ1) is 20.5. The minimum Gasteiger partial charge on any atom is -0.322 e. The summed E-state index contributed by atoms with van der Waals surface area (Å²) in [4.78, 5) is 15.0. The molecule has 2 aromatic rings. The summed E-state index contributed by atoms with van der Waals surface area (Å²) in [7, 11) is -1.63. The van der Waals surface area contributed by atoms with Crippen molar-refractivity contribution in [3.05, 3.63) is 59.7 Å². The first-order chi connectivity index (χ1) is 13.3. The third kappa shape index (κ3) is 4.43. The zero-order valence-corrected chi connectivity index (χ0v) is 17.4. The molecule has 0 spiro atoms. The molecule has 0 bridgehead atoms. The second-order valence-electron chi connectivity index (χ2n) is 7.43. The van der Waals surface area contributed by atoms with E-state index in [0.29, 0.717) is 31.7 Å². The van der Waals surface area contributed by atoms with E-state index in [1.54, 1.807) is 18.2 Å². The Labute approximate surface area is 167 Å². The summed E-state index contributed by atoms with van der Waals surface area (Å²) >= 11 is 0. The second-order valence-corrected chi connectivity index (χ2v) is 9.37. The average Bonchev–Trinajstić information content (AvgIpc) is 2.68. The lowest BCUT2D eigenvalue weighted by Gasteiger charge is -2.31. The molecule has 1 saturated heterocycles. The van der Waals surface area contributed by atoms with Crippen molar-refractivity contribution in [1.82, 2.24) is 9.21 Å². The Bertz CT molecular complexity index is 949. The molecule has 0 radical (unpaired) electrons. The lowest BCUT2D eigenvalue weighted by Crippen LogP contribution is -2.47. The number of carbonyl (C=O) groups is 1. The van der Waals surface area contributed by atoms with Gasteiger partial charge in [-0.2, -0.15) is 4.31 Å². The topological polar surface area (TPSA) is 69.7 Å². The molecule has 28 heavy (non-hydrogen) atoms. The van der Waals surface area contributed by atoms with Crippen molar-refractivity contribution in [2.24, 2.45) is 0 Å². The fourth-order valence-corrected chi connectivity index (χ4v) is 4.75.